The Morgan fingerprint density at radius 1 is 1.25 bits per heavy atom. The molecule has 1 amide bonds. The number of carbonyl (C=O) groups is 1. The summed E-state index contributed by atoms with van der Waals surface area (Å²) in [5, 5.41) is 3.46. The van der Waals surface area contributed by atoms with Gasteiger partial charge in [-0.3, -0.25) is 18.7 Å². The molecule has 2 aromatic rings. The molecule has 7 nitrogen and oxygen atoms in total. The van der Waals surface area contributed by atoms with E-state index in [4.69, 9.17) is 0 Å². The van der Waals surface area contributed by atoms with Crippen molar-refractivity contribution in [1.82, 2.24) is 19.4 Å². The Morgan fingerprint density at radius 3 is 2.71 bits per heavy atom. The number of aromatic nitrogens is 2. The van der Waals surface area contributed by atoms with E-state index in [1.54, 1.807) is 31.2 Å². The smallest absolute Gasteiger partial charge is 0.331 e. The maximum Gasteiger partial charge on any atom is 0.331 e. The molecule has 1 aliphatic heterocycles. The summed E-state index contributed by atoms with van der Waals surface area (Å²) in [6.45, 7) is 9.11. The zero-order chi connectivity index (χ0) is 20.3. The number of amides is 1. The summed E-state index contributed by atoms with van der Waals surface area (Å²) < 4.78 is 2.57. The molecule has 1 aromatic heterocycles. The molecule has 1 saturated heterocycles. The van der Waals surface area contributed by atoms with Crippen molar-refractivity contribution in [3.63, 3.8) is 0 Å². The van der Waals surface area contributed by atoms with Crippen molar-refractivity contribution in [1.29, 1.82) is 0 Å². The van der Waals surface area contributed by atoms with Crippen LogP contribution in [0.5, 0.6) is 0 Å². The molecule has 1 fully saturated rings. The Morgan fingerprint density at radius 2 is 2.00 bits per heavy atom. The Labute approximate surface area is 165 Å². The number of piperidine rings is 1. The SMILES string of the molecule is CCn1c(=O)c2ccccc2n(CC(=O)NC(C)CN2CCCC(C)C2)c1=O. The molecular formula is C21H30N4O3. The van der Waals surface area contributed by atoms with E-state index in [9.17, 15) is 14.4 Å². The third-order valence-electron chi connectivity index (χ3n) is 5.43. The molecule has 2 atom stereocenters. The van der Waals surface area contributed by atoms with Crippen molar-refractivity contribution in [2.75, 3.05) is 19.6 Å². The fourth-order valence-electron chi connectivity index (χ4n) is 4.15. The van der Waals surface area contributed by atoms with Crippen LogP contribution in [0.15, 0.2) is 33.9 Å². The standard InChI is InChI=1S/C21H30N4O3/c1-4-24-20(27)17-9-5-6-10-18(17)25(21(24)28)14-19(26)22-16(3)13-23-11-7-8-15(2)12-23/h5-6,9-10,15-16H,4,7-8,11-14H2,1-3H3,(H,22,26). The highest BCUT2D eigenvalue weighted by Crippen LogP contribution is 2.15. The lowest BCUT2D eigenvalue weighted by atomic mass is 10.00. The number of nitrogens with zero attached hydrogens (tertiary/aromatic N) is 3. The van der Waals surface area contributed by atoms with Gasteiger partial charge in [0, 0.05) is 25.7 Å². The van der Waals surface area contributed by atoms with E-state index >= 15 is 0 Å². The van der Waals surface area contributed by atoms with Crippen LogP contribution in [0.1, 0.15) is 33.6 Å². The molecule has 7 heteroatoms. The van der Waals surface area contributed by atoms with Gasteiger partial charge in [0.1, 0.15) is 6.54 Å². The van der Waals surface area contributed by atoms with Gasteiger partial charge in [-0.25, -0.2) is 4.79 Å². The van der Waals surface area contributed by atoms with Gasteiger partial charge in [0.15, 0.2) is 0 Å². The second-order valence-electron chi connectivity index (χ2n) is 7.91. The number of likely N-dealkylation sites (tertiary alicyclic amines) is 1. The van der Waals surface area contributed by atoms with Gasteiger partial charge in [0.05, 0.1) is 10.9 Å². The van der Waals surface area contributed by atoms with Crippen molar-refractivity contribution < 1.29 is 4.79 Å². The largest absolute Gasteiger partial charge is 0.351 e. The normalized spacial score (nSPS) is 18.9. The molecular weight excluding hydrogens is 356 g/mol. The number of hydrogen-bond acceptors (Lipinski definition) is 4. The molecule has 0 aliphatic carbocycles. The molecule has 0 bridgehead atoms. The number of carbonyl (C=O) groups excluding carboxylic acids is 1. The lowest BCUT2D eigenvalue weighted by Crippen LogP contribution is -2.47. The van der Waals surface area contributed by atoms with E-state index in [1.807, 2.05) is 6.92 Å². The Balaban J connectivity index is 1.76. The molecule has 2 unspecified atom stereocenters. The minimum atomic E-state index is -0.446. The summed E-state index contributed by atoms with van der Waals surface area (Å²) in [7, 11) is 0. The maximum atomic E-state index is 12.7. The van der Waals surface area contributed by atoms with E-state index in [1.165, 1.54) is 22.0 Å². The first-order valence-electron chi connectivity index (χ1n) is 10.1. The van der Waals surface area contributed by atoms with Crippen LogP contribution < -0.4 is 16.6 Å². The van der Waals surface area contributed by atoms with Crippen LogP contribution in [0.25, 0.3) is 10.9 Å². The van der Waals surface area contributed by atoms with Gasteiger partial charge in [-0.1, -0.05) is 19.1 Å². The summed E-state index contributed by atoms with van der Waals surface area (Å²) in [5.41, 5.74) is -0.263. The molecule has 0 radical (unpaired) electrons. The van der Waals surface area contributed by atoms with Crippen LogP contribution >= 0.6 is 0 Å². The minimum absolute atomic E-state index is 0.00292. The summed E-state index contributed by atoms with van der Waals surface area (Å²) in [5.74, 6) is 0.475. The summed E-state index contributed by atoms with van der Waals surface area (Å²) in [6.07, 6.45) is 2.46. The average molecular weight is 386 g/mol. The summed E-state index contributed by atoms with van der Waals surface area (Å²) in [6, 6.07) is 6.94. The zero-order valence-corrected chi connectivity index (χ0v) is 17.0. The monoisotopic (exact) mass is 386 g/mol. The minimum Gasteiger partial charge on any atom is -0.351 e. The van der Waals surface area contributed by atoms with Gasteiger partial charge in [-0.2, -0.15) is 0 Å². The lowest BCUT2D eigenvalue weighted by molar-refractivity contribution is -0.122. The number of benzene rings is 1. The van der Waals surface area contributed by atoms with Gasteiger partial charge in [0.25, 0.3) is 5.56 Å². The van der Waals surface area contributed by atoms with Crippen LogP contribution in [0.3, 0.4) is 0 Å². The average Bonchev–Trinajstić information content (AvgIpc) is 2.65. The maximum absolute atomic E-state index is 12.7. The van der Waals surface area contributed by atoms with E-state index in [2.05, 4.69) is 17.1 Å². The highest BCUT2D eigenvalue weighted by atomic mass is 16.2. The molecule has 1 N–H and O–H groups in total. The highest BCUT2D eigenvalue weighted by molar-refractivity contribution is 5.81. The number of nitrogens with one attached hydrogen (secondary N) is 1. The number of hydrogen-bond donors (Lipinski definition) is 1. The third kappa shape index (κ3) is 4.35. The van der Waals surface area contributed by atoms with E-state index in [0.29, 0.717) is 16.8 Å². The first-order chi connectivity index (χ1) is 13.4. The van der Waals surface area contributed by atoms with Gasteiger partial charge < -0.3 is 10.2 Å². The molecule has 28 heavy (non-hydrogen) atoms. The molecule has 3 rings (SSSR count). The van der Waals surface area contributed by atoms with Crippen molar-refractivity contribution >= 4 is 16.8 Å². The van der Waals surface area contributed by atoms with Crippen molar-refractivity contribution in [2.45, 2.75) is 52.7 Å². The van der Waals surface area contributed by atoms with Gasteiger partial charge in [-0.05, 0) is 51.3 Å². The zero-order valence-electron chi connectivity index (χ0n) is 17.0. The molecule has 2 heterocycles. The molecule has 1 aliphatic rings. The van der Waals surface area contributed by atoms with E-state index in [-0.39, 0.29) is 30.6 Å². The van der Waals surface area contributed by atoms with Crippen LogP contribution in [-0.2, 0) is 17.9 Å². The van der Waals surface area contributed by atoms with Gasteiger partial charge >= 0.3 is 5.69 Å². The first-order valence-corrected chi connectivity index (χ1v) is 10.1. The molecule has 0 saturated carbocycles. The highest BCUT2D eigenvalue weighted by Gasteiger charge is 2.20. The predicted octanol–water partition coefficient (Wildman–Crippen LogP) is 1.42. The van der Waals surface area contributed by atoms with Crippen molar-refractivity contribution in [3.05, 3.63) is 45.1 Å². The van der Waals surface area contributed by atoms with Crippen molar-refractivity contribution in [3.8, 4) is 0 Å². The third-order valence-corrected chi connectivity index (χ3v) is 5.43. The molecule has 1 aromatic carbocycles. The predicted molar refractivity (Wildman–Crippen MR) is 111 cm³/mol. The summed E-state index contributed by atoms with van der Waals surface area (Å²) >= 11 is 0. The van der Waals surface area contributed by atoms with Gasteiger partial charge in [0.2, 0.25) is 5.91 Å². The molecule has 152 valence electrons. The Bertz CT molecular complexity index is 962. The Kier molecular flexibility index (Phi) is 6.34. The second kappa shape index (κ2) is 8.73. The fourth-order valence-corrected chi connectivity index (χ4v) is 4.15. The Hall–Kier alpha value is -2.41. The van der Waals surface area contributed by atoms with Crippen LogP contribution in [-0.4, -0.2) is 45.6 Å². The number of fused-ring (bicyclic) bond motifs is 1. The van der Waals surface area contributed by atoms with E-state index < -0.39 is 5.69 Å². The number of rotatable bonds is 6. The van der Waals surface area contributed by atoms with Crippen molar-refractivity contribution in [2.24, 2.45) is 5.92 Å². The van der Waals surface area contributed by atoms with E-state index in [0.717, 1.165) is 19.6 Å². The lowest BCUT2D eigenvalue weighted by Gasteiger charge is -2.32. The fraction of sp³-hybridized carbons (Fsp3) is 0.571. The second-order valence-corrected chi connectivity index (χ2v) is 7.91. The van der Waals surface area contributed by atoms with Crippen LogP contribution in [0.2, 0.25) is 0 Å². The van der Waals surface area contributed by atoms with Crippen LogP contribution in [0, 0.1) is 5.92 Å². The summed E-state index contributed by atoms with van der Waals surface area (Å²) in [4.78, 5) is 40.3. The first kappa shape index (κ1) is 20.3. The van der Waals surface area contributed by atoms with Gasteiger partial charge in [-0.15, -0.1) is 0 Å². The quantitative estimate of drug-likeness (QED) is 0.815. The number of para-hydroxylation sites is 1. The topological polar surface area (TPSA) is 76.3 Å². The molecule has 0 spiro atoms. The van der Waals surface area contributed by atoms with Crippen LogP contribution in [0.4, 0.5) is 0 Å².